The molecule has 1 aliphatic carbocycles. The molecule has 0 saturated carbocycles. The van der Waals surface area contributed by atoms with Crippen LogP contribution in [0.4, 0.5) is 0 Å². The lowest BCUT2D eigenvalue weighted by molar-refractivity contribution is -0.121. The Kier molecular flexibility index (Phi) is 7.20. The molecule has 1 fully saturated rings. The van der Waals surface area contributed by atoms with Gasteiger partial charge in [-0.2, -0.15) is 0 Å². The largest absolute Gasteiger partial charge is 0.356 e. The number of thiophene rings is 1. The zero-order valence-corrected chi connectivity index (χ0v) is 18.9. The zero-order valence-electron chi connectivity index (χ0n) is 18.1. The number of aromatic nitrogens is 2. The lowest BCUT2D eigenvalue weighted by Gasteiger charge is -2.33. The second-order valence-corrected chi connectivity index (χ2v) is 9.91. The van der Waals surface area contributed by atoms with Crippen LogP contribution >= 0.6 is 11.3 Å². The molecule has 30 heavy (non-hydrogen) atoms. The number of hydrogen-bond donors (Lipinski definition) is 1. The topological polar surface area (TPSA) is 67.2 Å². The Morgan fingerprint density at radius 1 is 1.20 bits per heavy atom. The summed E-state index contributed by atoms with van der Waals surface area (Å²) in [6.45, 7) is 5.77. The highest BCUT2D eigenvalue weighted by Gasteiger charge is 2.20. The first-order valence-corrected chi connectivity index (χ1v) is 12.5. The van der Waals surface area contributed by atoms with E-state index in [0.29, 0.717) is 25.6 Å². The van der Waals surface area contributed by atoms with Crippen LogP contribution in [0.1, 0.15) is 68.7 Å². The molecular formula is C23H34N4O2S. The van der Waals surface area contributed by atoms with Gasteiger partial charge in [0.1, 0.15) is 4.83 Å². The quantitative estimate of drug-likeness (QED) is 0.651. The maximum atomic E-state index is 12.9. The van der Waals surface area contributed by atoms with E-state index in [1.807, 2.05) is 0 Å². The second kappa shape index (κ2) is 10.1. The highest BCUT2D eigenvalue weighted by Crippen LogP contribution is 2.33. The van der Waals surface area contributed by atoms with Crippen LogP contribution in [-0.4, -0.2) is 46.0 Å². The summed E-state index contributed by atoms with van der Waals surface area (Å²) in [5.41, 5.74) is 1.23. The van der Waals surface area contributed by atoms with E-state index in [1.54, 1.807) is 22.2 Å². The zero-order chi connectivity index (χ0) is 20.9. The molecule has 1 saturated heterocycles. The van der Waals surface area contributed by atoms with Crippen LogP contribution < -0.4 is 10.9 Å². The predicted octanol–water partition coefficient (Wildman–Crippen LogP) is 3.50. The van der Waals surface area contributed by atoms with E-state index in [2.05, 4.69) is 22.1 Å². The molecule has 2 aromatic heterocycles. The Morgan fingerprint density at radius 2 is 2.07 bits per heavy atom. The van der Waals surface area contributed by atoms with Crippen molar-refractivity contribution < 1.29 is 4.79 Å². The van der Waals surface area contributed by atoms with Crippen LogP contribution in [0, 0.1) is 0 Å². The number of aryl methyl sites for hydroxylation is 3. The number of nitrogens with one attached hydrogen (secondary N) is 1. The molecule has 7 heteroatoms. The lowest BCUT2D eigenvalue weighted by atomic mass is 9.97. The molecule has 0 radical (unpaired) electrons. The molecule has 1 N–H and O–H groups in total. The van der Waals surface area contributed by atoms with Crippen molar-refractivity contribution in [2.24, 2.45) is 0 Å². The average molecular weight is 431 g/mol. The fourth-order valence-electron chi connectivity index (χ4n) is 4.81. The van der Waals surface area contributed by atoms with Crippen LogP contribution in [0.15, 0.2) is 11.1 Å². The number of likely N-dealkylation sites (tertiary alicyclic amines) is 1. The van der Waals surface area contributed by atoms with Gasteiger partial charge >= 0.3 is 0 Å². The lowest BCUT2D eigenvalue weighted by Crippen LogP contribution is -2.38. The summed E-state index contributed by atoms with van der Waals surface area (Å²) in [5, 5.41) is 3.81. The smallest absolute Gasteiger partial charge is 0.262 e. The highest BCUT2D eigenvalue weighted by molar-refractivity contribution is 7.18. The fraction of sp³-hybridized carbons (Fsp3) is 0.696. The standard InChI is InChI=1S/C23H34N4O2S/c1-17-8-4-6-13-26(17)14-7-5-12-24-20(28)11-15-27-16-25-22-21(23(27)29)18-9-2-3-10-19(18)30-22/h16-17H,2-15H2,1H3,(H,24,28)/t17-/m1/s1. The number of carbonyl (C=O) groups excluding carboxylic acids is 1. The van der Waals surface area contributed by atoms with Gasteiger partial charge in [0.15, 0.2) is 0 Å². The van der Waals surface area contributed by atoms with Crippen LogP contribution in [0.25, 0.3) is 10.2 Å². The summed E-state index contributed by atoms with van der Waals surface area (Å²) in [6, 6.07) is 0.700. The summed E-state index contributed by atoms with van der Waals surface area (Å²) < 4.78 is 1.61. The van der Waals surface area contributed by atoms with Crippen molar-refractivity contribution in [1.29, 1.82) is 0 Å². The normalized spacial score (nSPS) is 19.7. The van der Waals surface area contributed by atoms with E-state index in [4.69, 9.17) is 0 Å². The number of carbonyl (C=O) groups is 1. The SMILES string of the molecule is C[C@@H]1CCCCN1CCCCNC(=O)CCn1cnc2sc3c(c2c1=O)CCCC3. The van der Waals surface area contributed by atoms with Gasteiger partial charge < -0.3 is 10.2 Å². The van der Waals surface area contributed by atoms with E-state index in [9.17, 15) is 9.59 Å². The fourth-order valence-corrected chi connectivity index (χ4v) is 6.03. The van der Waals surface area contributed by atoms with Gasteiger partial charge in [-0.3, -0.25) is 14.2 Å². The van der Waals surface area contributed by atoms with Crippen molar-refractivity contribution in [3.63, 3.8) is 0 Å². The van der Waals surface area contributed by atoms with Crippen molar-refractivity contribution in [3.05, 3.63) is 27.1 Å². The van der Waals surface area contributed by atoms with Crippen molar-refractivity contribution in [2.45, 2.75) is 83.7 Å². The molecule has 3 heterocycles. The maximum Gasteiger partial charge on any atom is 0.262 e. The number of hydrogen-bond acceptors (Lipinski definition) is 5. The monoisotopic (exact) mass is 430 g/mol. The summed E-state index contributed by atoms with van der Waals surface area (Å²) in [7, 11) is 0. The molecule has 2 aliphatic rings. The third-order valence-corrected chi connectivity index (χ3v) is 7.86. The molecule has 1 amide bonds. The molecule has 0 aromatic carbocycles. The first-order valence-electron chi connectivity index (χ1n) is 11.6. The van der Waals surface area contributed by atoms with Gasteiger partial charge in [0.05, 0.1) is 11.7 Å². The molecule has 0 bridgehead atoms. The van der Waals surface area contributed by atoms with Crippen LogP contribution in [0.3, 0.4) is 0 Å². The Hall–Kier alpha value is -1.73. The van der Waals surface area contributed by atoms with Gasteiger partial charge in [-0.15, -0.1) is 11.3 Å². The molecule has 164 valence electrons. The molecule has 4 rings (SSSR count). The second-order valence-electron chi connectivity index (χ2n) is 8.82. The van der Waals surface area contributed by atoms with Crippen LogP contribution in [0.5, 0.6) is 0 Å². The molecule has 0 spiro atoms. The van der Waals surface area contributed by atoms with Crippen molar-refractivity contribution in [3.8, 4) is 0 Å². The Morgan fingerprint density at radius 3 is 2.93 bits per heavy atom. The molecule has 6 nitrogen and oxygen atoms in total. The van der Waals surface area contributed by atoms with Gasteiger partial charge in [-0.25, -0.2) is 4.98 Å². The summed E-state index contributed by atoms with van der Waals surface area (Å²) >= 11 is 1.67. The van der Waals surface area contributed by atoms with E-state index in [0.717, 1.165) is 48.9 Å². The van der Waals surface area contributed by atoms with Gasteiger partial charge in [-0.05, 0) is 76.9 Å². The molecule has 2 aromatic rings. The van der Waals surface area contributed by atoms with Crippen LogP contribution in [0.2, 0.25) is 0 Å². The minimum atomic E-state index is 0.0145. The number of piperidine rings is 1. The third-order valence-electron chi connectivity index (χ3n) is 6.66. The Bertz CT molecular complexity index is 935. The molecule has 1 atom stereocenters. The molecule has 1 aliphatic heterocycles. The predicted molar refractivity (Wildman–Crippen MR) is 122 cm³/mol. The summed E-state index contributed by atoms with van der Waals surface area (Å²) in [5.74, 6) is 0.0145. The third kappa shape index (κ3) is 4.94. The van der Waals surface area contributed by atoms with E-state index >= 15 is 0 Å². The number of unbranched alkanes of at least 4 members (excludes halogenated alkanes) is 1. The van der Waals surface area contributed by atoms with Crippen molar-refractivity contribution >= 4 is 27.5 Å². The average Bonchev–Trinajstić information content (AvgIpc) is 3.13. The van der Waals surface area contributed by atoms with Gasteiger partial charge in [0.2, 0.25) is 5.91 Å². The van der Waals surface area contributed by atoms with Gasteiger partial charge in [0, 0.05) is 30.4 Å². The van der Waals surface area contributed by atoms with Crippen molar-refractivity contribution in [1.82, 2.24) is 19.8 Å². The number of nitrogens with zero attached hydrogens (tertiary/aromatic N) is 3. The first-order chi connectivity index (χ1) is 14.6. The van der Waals surface area contributed by atoms with E-state index < -0.39 is 0 Å². The highest BCUT2D eigenvalue weighted by atomic mass is 32.1. The minimum Gasteiger partial charge on any atom is -0.356 e. The maximum absolute atomic E-state index is 12.9. The number of fused-ring (bicyclic) bond motifs is 3. The Balaban J connectivity index is 1.22. The first kappa shape index (κ1) is 21.5. The Labute approximate surface area is 182 Å². The number of rotatable bonds is 8. The van der Waals surface area contributed by atoms with Gasteiger partial charge in [-0.1, -0.05) is 6.42 Å². The van der Waals surface area contributed by atoms with E-state index in [1.165, 1.54) is 42.7 Å². The minimum absolute atomic E-state index is 0.0145. The summed E-state index contributed by atoms with van der Waals surface area (Å²) in [4.78, 5) is 34.4. The van der Waals surface area contributed by atoms with Gasteiger partial charge in [0.25, 0.3) is 5.56 Å². The summed E-state index contributed by atoms with van der Waals surface area (Å²) in [6.07, 6.45) is 12.4. The van der Waals surface area contributed by atoms with Crippen molar-refractivity contribution in [2.75, 3.05) is 19.6 Å². The molecule has 0 unspecified atom stereocenters. The van der Waals surface area contributed by atoms with Crippen LogP contribution in [-0.2, 0) is 24.2 Å². The number of amides is 1. The van der Waals surface area contributed by atoms with E-state index in [-0.39, 0.29) is 11.5 Å². The molecular weight excluding hydrogens is 396 g/mol.